The standard InChI is InChI=1S/C30H40N2O4S3/c1-5-6-7-8-9-25-29(38-39-30(25)37)21-10-11-26(33)22(16-21)19-31-12-14-32(15-13-31)20-23-17-24(34-2)18-27(35-3)28(23)36-4/h10-11,16-18,33H,5-9,12-15,19-20H2,1-4H3. The van der Waals surface area contributed by atoms with E-state index in [2.05, 4.69) is 22.8 Å². The van der Waals surface area contributed by atoms with Crippen molar-refractivity contribution in [3.05, 3.63) is 50.8 Å². The lowest BCUT2D eigenvalue weighted by atomic mass is 10.0. The maximum Gasteiger partial charge on any atom is 0.165 e. The number of hydrogen-bond acceptors (Lipinski definition) is 9. The molecule has 0 saturated carbocycles. The van der Waals surface area contributed by atoms with Gasteiger partial charge >= 0.3 is 0 Å². The van der Waals surface area contributed by atoms with E-state index in [-0.39, 0.29) is 0 Å². The van der Waals surface area contributed by atoms with Crippen molar-refractivity contribution in [2.45, 2.75) is 52.1 Å². The van der Waals surface area contributed by atoms with Gasteiger partial charge in [0, 0.05) is 56.5 Å². The van der Waals surface area contributed by atoms with Crippen LogP contribution in [0.4, 0.5) is 0 Å². The molecule has 9 heteroatoms. The van der Waals surface area contributed by atoms with Crippen LogP contribution < -0.4 is 14.2 Å². The summed E-state index contributed by atoms with van der Waals surface area (Å²) >= 11 is 5.69. The van der Waals surface area contributed by atoms with Crippen LogP contribution in [0.25, 0.3) is 10.4 Å². The van der Waals surface area contributed by atoms with Crippen LogP contribution in [0.1, 0.15) is 49.3 Å². The average molecular weight is 589 g/mol. The zero-order valence-electron chi connectivity index (χ0n) is 23.5. The molecule has 0 spiro atoms. The van der Waals surface area contributed by atoms with Gasteiger partial charge in [-0.2, -0.15) is 0 Å². The third kappa shape index (κ3) is 7.52. The van der Waals surface area contributed by atoms with E-state index in [0.717, 1.165) is 72.1 Å². The Bertz CT molecular complexity index is 1280. The normalized spacial score (nSPS) is 14.5. The van der Waals surface area contributed by atoms with Gasteiger partial charge in [-0.1, -0.05) is 59.1 Å². The van der Waals surface area contributed by atoms with Gasteiger partial charge in [0.2, 0.25) is 0 Å². The van der Waals surface area contributed by atoms with Crippen LogP contribution in [0, 0.1) is 3.82 Å². The molecule has 1 aliphatic heterocycles. The van der Waals surface area contributed by atoms with Crippen molar-refractivity contribution in [2.24, 2.45) is 0 Å². The Balaban J connectivity index is 1.40. The summed E-state index contributed by atoms with van der Waals surface area (Å²) in [5.74, 6) is 2.55. The molecular formula is C30H40N2O4S3. The van der Waals surface area contributed by atoms with E-state index in [4.69, 9.17) is 26.4 Å². The third-order valence-electron chi connectivity index (χ3n) is 7.36. The number of methoxy groups -OCH3 is 3. The van der Waals surface area contributed by atoms with Gasteiger partial charge in [0.25, 0.3) is 0 Å². The molecule has 3 aromatic rings. The molecule has 0 aliphatic carbocycles. The van der Waals surface area contributed by atoms with E-state index in [1.165, 1.54) is 41.7 Å². The summed E-state index contributed by atoms with van der Waals surface area (Å²) in [6.07, 6.45) is 5.97. The molecule has 4 rings (SSSR count). The Kier molecular flexibility index (Phi) is 11.0. The minimum absolute atomic E-state index is 0.359. The molecule has 1 saturated heterocycles. The number of unbranched alkanes of at least 4 members (excludes halogenated alkanes) is 3. The Hall–Kier alpha value is -2.17. The van der Waals surface area contributed by atoms with Crippen LogP contribution in [0.2, 0.25) is 0 Å². The van der Waals surface area contributed by atoms with Crippen molar-refractivity contribution in [3.8, 4) is 33.4 Å². The Morgan fingerprint density at radius 2 is 1.56 bits per heavy atom. The lowest BCUT2D eigenvalue weighted by molar-refractivity contribution is 0.120. The van der Waals surface area contributed by atoms with Gasteiger partial charge < -0.3 is 19.3 Å². The first kappa shape index (κ1) is 29.8. The van der Waals surface area contributed by atoms with E-state index < -0.39 is 0 Å². The number of rotatable bonds is 13. The molecule has 39 heavy (non-hydrogen) atoms. The maximum absolute atomic E-state index is 10.7. The first-order valence-corrected chi connectivity index (χ1v) is 16.2. The summed E-state index contributed by atoms with van der Waals surface area (Å²) in [7, 11) is 8.45. The van der Waals surface area contributed by atoms with E-state index >= 15 is 0 Å². The first-order valence-electron chi connectivity index (χ1n) is 13.6. The molecule has 0 atom stereocenters. The summed E-state index contributed by atoms with van der Waals surface area (Å²) in [4.78, 5) is 6.11. The molecule has 2 heterocycles. The maximum atomic E-state index is 10.7. The highest BCUT2D eigenvalue weighted by molar-refractivity contribution is 7.80. The van der Waals surface area contributed by atoms with E-state index in [1.54, 1.807) is 42.0 Å². The molecule has 1 aliphatic rings. The van der Waals surface area contributed by atoms with Crippen molar-refractivity contribution in [2.75, 3.05) is 47.5 Å². The van der Waals surface area contributed by atoms with Gasteiger partial charge in [0.15, 0.2) is 11.5 Å². The van der Waals surface area contributed by atoms with E-state index in [0.29, 0.717) is 11.5 Å². The van der Waals surface area contributed by atoms with Crippen molar-refractivity contribution in [1.29, 1.82) is 0 Å². The smallest absolute Gasteiger partial charge is 0.165 e. The number of hydrogen-bond donors (Lipinski definition) is 1. The number of phenolic OH excluding ortho intramolecular Hbond substituents is 1. The van der Waals surface area contributed by atoms with Crippen molar-refractivity contribution < 1.29 is 19.3 Å². The van der Waals surface area contributed by atoms with Crippen LogP contribution in [0.5, 0.6) is 23.0 Å². The molecule has 0 unspecified atom stereocenters. The molecule has 1 N–H and O–H groups in total. The van der Waals surface area contributed by atoms with Crippen molar-refractivity contribution in [3.63, 3.8) is 0 Å². The zero-order valence-corrected chi connectivity index (χ0v) is 25.9. The zero-order chi connectivity index (χ0) is 27.8. The molecule has 1 aromatic heterocycles. The van der Waals surface area contributed by atoms with Gasteiger partial charge in [0.05, 0.1) is 26.2 Å². The van der Waals surface area contributed by atoms with Crippen LogP contribution in [0.15, 0.2) is 30.3 Å². The second-order valence-corrected chi connectivity index (χ2v) is 12.8. The quantitative estimate of drug-likeness (QED) is 0.127. The van der Waals surface area contributed by atoms with Gasteiger partial charge in [-0.25, -0.2) is 0 Å². The van der Waals surface area contributed by atoms with Gasteiger partial charge in [0.1, 0.15) is 15.3 Å². The number of phenols is 1. The predicted molar refractivity (Wildman–Crippen MR) is 165 cm³/mol. The summed E-state index contributed by atoms with van der Waals surface area (Å²) < 4.78 is 17.7. The molecular weight excluding hydrogens is 549 g/mol. The lowest BCUT2D eigenvalue weighted by Crippen LogP contribution is -2.45. The van der Waals surface area contributed by atoms with Crippen LogP contribution in [-0.4, -0.2) is 62.4 Å². The molecule has 0 amide bonds. The van der Waals surface area contributed by atoms with Crippen LogP contribution >= 0.6 is 32.9 Å². The van der Waals surface area contributed by atoms with Gasteiger partial charge in [-0.15, -0.1) is 0 Å². The minimum atomic E-state index is 0.359. The molecule has 2 aromatic carbocycles. The summed E-state index contributed by atoms with van der Waals surface area (Å²) in [5, 5.41) is 10.7. The monoisotopic (exact) mass is 588 g/mol. The Morgan fingerprint density at radius 3 is 2.21 bits per heavy atom. The van der Waals surface area contributed by atoms with E-state index in [9.17, 15) is 5.11 Å². The highest BCUT2D eigenvalue weighted by Gasteiger charge is 2.22. The number of benzene rings is 2. The summed E-state index contributed by atoms with van der Waals surface area (Å²) in [6.45, 7) is 7.43. The number of aromatic hydroxyl groups is 1. The van der Waals surface area contributed by atoms with Crippen molar-refractivity contribution in [1.82, 2.24) is 9.80 Å². The second-order valence-electron chi connectivity index (χ2n) is 9.99. The second kappa shape index (κ2) is 14.5. The highest BCUT2D eigenvalue weighted by Crippen LogP contribution is 2.38. The molecule has 0 bridgehead atoms. The average Bonchev–Trinajstić information content (AvgIpc) is 3.32. The summed E-state index contributed by atoms with van der Waals surface area (Å²) in [5.41, 5.74) is 4.51. The fourth-order valence-corrected chi connectivity index (χ4v) is 8.13. The third-order valence-corrected chi connectivity index (χ3v) is 10.6. The fraction of sp³-hybridized carbons (Fsp3) is 0.500. The molecule has 6 nitrogen and oxygen atoms in total. The van der Waals surface area contributed by atoms with E-state index in [1.807, 2.05) is 24.3 Å². The number of piperazine rings is 1. The molecule has 212 valence electrons. The number of nitrogens with zero attached hydrogens (tertiary/aromatic N) is 2. The Morgan fingerprint density at radius 1 is 0.846 bits per heavy atom. The fourth-order valence-electron chi connectivity index (χ4n) is 5.13. The Labute approximate surface area is 245 Å². The molecule has 1 fully saturated rings. The SMILES string of the molecule is CCCCCCc1c(-c2ccc(O)c(CN3CCN(Cc4cc(OC)cc(OC)c4OC)CC3)c2)ssc1=S. The van der Waals surface area contributed by atoms with Crippen LogP contribution in [-0.2, 0) is 19.5 Å². The highest BCUT2D eigenvalue weighted by atomic mass is 32.9. The minimum Gasteiger partial charge on any atom is -0.508 e. The summed E-state index contributed by atoms with van der Waals surface area (Å²) in [6, 6.07) is 9.92. The van der Waals surface area contributed by atoms with Crippen molar-refractivity contribution >= 4 is 32.9 Å². The van der Waals surface area contributed by atoms with Crippen LogP contribution in [0.3, 0.4) is 0 Å². The van der Waals surface area contributed by atoms with Gasteiger partial charge in [-0.05, 0) is 48.2 Å². The molecule has 0 radical (unpaired) electrons. The predicted octanol–water partition coefficient (Wildman–Crippen LogP) is 7.38. The topological polar surface area (TPSA) is 54.4 Å². The lowest BCUT2D eigenvalue weighted by Gasteiger charge is -2.35. The largest absolute Gasteiger partial charge is 0.508 e. The number of ether oxygens (including phenoxy) is 3. The van der Waals surface area contributed by atoms with Gasteiger partial charge in [-0.3, -0.25) is 9.80 Å². The first-order chi connectivity index (χ1) is 19.0.